The molecule has 2 rings (SSSR count). The van der Waals surface area contributed by atoms with E-state index in [2.05, 4.69) is 10.1 Å². The SMILES string of the molecule is COC(=O)c1ccc(CNC(=O)COC(=O)CCc2ccco2)cc1. The number of hydrogen-bond donors (Lipinski definition) is 1. The minimum atomic E-state index is -0.464. The lowest BCUT2D eigenvalue weighted by atomic mass is 10.1. The highest BCUT2D eigenvalue weighted by molar-refractivity contribution is 5.89. The fraction of sp³-hybridized carbons (Fsp3) is 0.278. The van der Waals surface area contributed by atoms with Gasteiger partial charge in [-0.25, -0.2) is 4.79 Å². The van der Waals surface area contributed by atoms with E-state index in [1.54, 1.807) is 36.4 Å². The van der Waals surface area contributed by atoms with Gasteiger partial charge in [0.25, 0.3) is 5.91 Å². The molecule has 0 radical (unpaired) electrons. The lowest BCUT2D eigenvalue weighted by molar-refractivity contribution is -0.148. The van der Waals surface area contributed by atoms with Gasteiger partial charge in [-0.05, 0) is 29.8 Å². The van der Waals surface area contributed by atoms with Crippen molar-refractivity contribution in [1.82, 2.24) is 5.32 Å². The number of hydrogen-bond acceptors (Lipinski definition) is 6. The first-order valence-corrected chi connectivity index (χ1v) is 7.70. The molecule has 1 aromatic heterocycles. The third kappa shape index (κ3) is 6.14. The number of aryl methyl sites for hydroxylation is 1. The molecular formula is C18H19NO6. The van der Waals surface area contributed by atoms with Gasteiger partial charge in [-0.15, -0.1) is 0 Å². The van der Waals surface area contributed by atoms with E-state index < -0.39 is 17.8 Å². The predicted molar refractivity (Wildman–Crippen MR) is 87.6 cm³/mol. The molecule has 0 saturated carbocycles. The van der Waals surface area contributed by atoms with Gasteiger partial charge >= 0.3 is 11.9 Å². The van der Waals surface area contributed by atoms with Gasteiger partial charge in [0.05, 0.1) is 25.4 Å². The van der Waals surface area contributed by atoms with E-state index in [0.717, 1.165) is 5.56 Å². The number of carbonyl (C=O) groups is 3. The van der Waals surface area contributed by atoms with E-state index in [-0.39, 0.29) is 19.6 Å². The van der Waals surface area contributed by atoms with Crippen molar-refractivity contribution in [2.75, 3.05) is 13.7 Å². The zero-order valence-corrected chi connectivity index (χ0v) is 13.8. The molecule has 0 saturated heterocycles. The van der Waals surface area contributed by atoms with Crippen LogP contribution < -0.4 is 5.32 Å². The predicted octanol–water partition coefficient (Wildman–Crippen LogP) is 1.86. The number of benzene rings is 1. The minimum Gasteiger partial charge on any atom is -0.469 e. The van der Waals surface area contributed by atoms with Crippen LogP contribution in [0.3, 0.4) is 0 Å². The molecule has 1 N–H and O–H groups in total. The molecule has 0 unspecified atom stereocenters. The van der Waals surface area contributed by atoms with Gasteiger partial charge in [0.2, 0.25) is 0 Å². The van der Waals surface area contributed by atoms with E-state index in [0.29, 0.717) is 17.7 Å². The van der Waals surface area contributed by atoms with Crippen LogP contribution in [0.2, 0.25) is 0 Å². The summed E-state index contributed by atoms with van der Waals surface area (Å²) in [7, 11) is 1.31. The van der Waals surface area contributed by atoms with Crippen LogP contribution in [0, 0.1) is 0 Å². The van der Waals surface area contributed by atoms with E-state index >= 15 is 0 Å². The molecule has 7 nitrogen and oxygen atoms in total. The molecule has 0 aliphatic carbocycles. The van der Waals surface area contributed by atoms with Crippen molar-refractivity contribution in [2.24, 2.45) is 0 Å². The second-order valence-corrected chi connectivity index (χ2v) is 5.21. The van der Waals surface area contributed by atoms with Gasteiger partial charge in [-0.3, -0.25) is 9.59 Å². The van der Waals surface area contributed by atoms with Crippen LogP contribution in [0.1, 0.15) is 28.1 Å². The van der Waals surface area contributed by atoms with Gasteiger partial charge in [-0.1, -0.05) is 12.1 Å². The Morgan fingerprint density at radius 1 is 1.12 bits per heavy atom. The first-order chi connectivity index (χ1) is 12.1. The number of amides is 1. The molecule has 0 atom stereocenters. The molecule has 0 bridgehead atoms. The Morgan fingerprint density at radius 3 is 2.52 bits per heavy atom. The standard InChI is InChI=1S/C18H19NO6/c1-23-18(22)14-6-4-13(5-7-14)11-19-16(20)12-25-17(21)9-8-15-3-2-10-24-15/h2-7,10H,8-9,11-12H2,1H3,(H,19,20). The number of furan rings is 1. The number of nitrogens with one attached hydrogen (secondary N) is 1. The average Bonchev–Trinajstić information content (AvgIpc) is 3.16. The second kappa shape index (κ2) is 9.27. The summed E-state index contributed by atoms with van der Waals surface area (Å²) in [5.74, 6) is -0.591. The lowest BCUT2D eigenvalue weighted by Crippen LogP contribution is -2.28. The van der Waals surface area contributed by atoms with Gasteiger partial charge in [-0.2, -0.15) is 0 Å². The third-order valence-corrected chi connectivity index (χ3v) is 3.38. The van der Waals surface area contributed by atoms with Crippen LogP contribution in [0.4, 0.5) is 0 Å². The highest BCUT2D eigenvalue weighted by Crippen LogP contribution is 2.06. The van der Waals surface area contributed by atoms with Gasteiger partial charge < -0.3 is 19.2 Å². The van der Waals surface area contributed by atoms with Crippen molar-refractivity contribution in [3.63, 3.8) is 0 Å². The smallest absolute Gasteiger partial charge is 0.337 e. The maximum atomic E-state index is 11.7. The van der Waals surface area contributed by atoms with Crippen molar-refractivity contribution < 1.29 is 28.3 Å². The molecule has 1 heterocycles. The van der Waals surface area contributed by atoms with Crippen molar-refractivity contribution in [1.29, 1.82) is 0 Å². The molecule has 0 fully saturated rings. The Hall–Kier alpha value is -3.09. The highest BCUT2D eigenvalue weighted by atomic mass is 16.5. The Kier molecular flexibility index (Phi) is 6.76. The van der Waals surface area contributed by atoms with Crippen molar-refractivity contribution in [3.05, 3.63) is 59.5 Å². The number of esters is 2. The average molecular weight is 345 g/mol. The monoisotopic (exact) mass is 345 g/mol. The summed E-state index contributed by atoms with van der Waals surface area (Å²) in [4.78, 5) is 34.6. The van der Waals surface area contributed by atoms with Crippen molar-refractivity contribution in [3.8, 4) is 0 Å². The number of rotatable bonds is 8. The maximum absolute atomic E-state index is 11.7. The second-order valence-electron chi connectivity index (χ2n) is 5.21. The zero-order valence-electron chi connectivity index (χ0n) is 13.8. The van der Waals surface area contributed by atoms with Crippen LogP contribution in [0.5, 0.6) is 0 Å². The topological polar surface area (TPSA) is 94.8 Å². The summed E-state index contributed by atoms with van der Waals surface area (Å²) < 4.78 is 14.6. The van der Waals surface area contributed by atoms with Gasteiger partial charge in [0.15, 0.2) is 6.61 Å². The van der Waals surface area contributed by atoms with Crippen LogP contribution in [-0.4, -0.2) is 31.6 Å². The zero-order chi connectivity index (χ0) is 18.1. The van der Waals surface area contributed by atoms with Gasteiger partial charge in [0, 0.05) is 13.0 Å². The first-order valence-electron chi connectivity index (χ1n) is 7.70. The van der Waals surface area contributed by atoms with Crippen LogP contribution in [-0.2, 0) is 32.0 Å². The summed E-state index contributed by atoms with van der Waals surface area (Å²) >= 11 is 0. The molecule has 132 valence electrons. The quantitative estimate of drug-likeness (QED) is 0.734. The molecule has 0 spiro atoms. The minimum absolute atomic E-state index is 0.149. The number of methoxy groups -OCH3 is 1. The van der Waals surface area contributed by atoms with E-state index in [1.807, 2.05) is 0 Å². The summed E-state index contributed by atoms with van der Waals surface area (Å²) in [5.41, 5.74) is 1.24. The number of ether oxygens (including phenoxy) is 2. The normalized spacial score (nSPS) is 10.1. The van der Waals surface area contributed by atoms with Crippen LogP contribution in [0.15, 0.2) is 47.1 Å². The Labute approximate surface area is 144 Å². The Bertz CT molecular complexity index is 706. The molecule has 1 amide bonds. The molecule has 0 aliphatic heterocycles. The Morgan fingerprint density at radius 2 is 1.88 bits per heavy atom. The van der Waals surface area contributed by atoms with Crippen LogP contribution >= 0.6 is 0 Å². The highest BCUT2D eigenvalue weighted by Gasteiger charge is 2.09. The van der Waals surface area contributed by atoms with E-state index in [9.17, 15) is 14.4 Å². The fourth-order valence-electron chi connectivity index (χ4n) is 2.03. The molecule has 7 heteroatoms. The van der Waals surface area contributed by atoms with Crippen molar-refractivity contribution >= 4 is 17.8 Å². The summed E-state index contributed by atoms with van der Waals surface area (Å²) in [6.45, 7) is -0.0680. The molecule has 0 aliphatic rings. The largest absolute Gasteiger partial charge is 0.469 e. The van der Waals surface area contributed by atoms with Crippen molar-refractivity contribution in [2.45, 2.75) is 19.4 Å². The molecule has 25 heavy (non-hydrogen) atoms. The maximum Gasteiger partial charge on any atom is 0.337 e. The molecule has 2 aromatic rings. The third-order valence-electron chi connectivity index (χ3n) is 3.38. The van der Waals surface area contributed by atoms with E-state index in [4.69, 9.17) is 9.15 Å². The fourth-order valence-corrected chi connectivity index (χ4v) is 2.03. The molecular weight excluding hydrogens is 326 g/mol. The first kappa shape index (κ1) is 18.3. The van der Waals surface area contributed by atoms with E-state index in [1.165, 1.54) is 13.4 Å². The summed E-state index contributed by atoms with van der Waals surface area (Å²) in [6.07, 6.45) is 2.11. The summed E-state index contributed by atoms with van der Waals surface area (Å²) in [6, 6.07) is 10.2. The summed E-state index contributed by atoms with van der Waals surface area (Å²) in [5, 5.41) is 2.64. The Balaban J connectivity index is 1.66. The van der Waals surface area contributed by atoms with Crippen LogP contribution in [0.25, 0.3) is 0 Å². The number of carbonyl (C=O) groups excluding carboxylic acids is 3. The lowest BCUT2D eigenvalue weighted by Gasteiger charge is -2.07. The molecule has 1 aromatic carbocycles. The van der Waals surface area contributed by atoms with Gasteiger partial charge in [0.1, 0.15) is 5.76 Å².